The van der Waals surface area contributed by atoms with Gasteiger partial charge in [-0.05, 0) is 0 Å². The lowest BCUT2D eigenvalue weighted by Gasteiger charge is -2.01. The van der Waals surface area contributed by atoms with E-state index < -0.39 is 0 Å². The first-order chi connectivity index (χ1) is 8.17. The fourth-order valence-corrected chi connectivity index (χ4v) is 1.89. The number of fused-ring (bicyclic) bond motifs is 1. The Morgan fingerprint density at radius 2 is 2.29 bits per heavy atom. The average Bonchev–Trinajstić information content (AvgIpc) is 2.62. The fourth-order valence-electron chi connectivity index (χ4n) is 1.37. The minimum Gasteiger partial charge on any atom is -0.479 e. The predicted molar refractivity (Wildman–Crippen MR) is 62.5 cm³/mol. The van der Waals surface area contributed by atoms with Crippen LogP contribution >= 0.6 is 11.8 Å². The number of hydrogen-bond donors (Lipinski definition) is 1. The van der Waals surface area contributed by atoms with Crippen molar-refractivity contribution in [3.8, 4) is 5.88 Å². The maximum atomic E-state index is 11.7. The molecule has 0 atom stereocenters. The smallest absolute Gasteiger partial charge is 0.293 e. The average molecular weight is 254 g/mol. The zero-order valence-corrected chi connectivity index (χ0v) is 10.1. The van der Waals surface area contributed by atoms with E-state index >= 15 is 0 Å². The van der Waals surface area contributed by atoms with Gasteiger partial charge in [0.15, 0.2) is 10.7 Å². The number of nitrogens with zero attached hydrogens (tertiary/aromatic N) is 3. The lowest BCUT2D eigenvalue weighted by atomic mass is 10.4. The number of carbonyl (C=O) groups excluding carboxylic acids is 1. The number of aryl methyl sites for hydroxylation is 1. The SMILES string of the molecule is COc1nc(SCC=O)nc2c(=O)n(C)[nH]c12. The van der Waals surface area contributed by atoms with Gasteiger partial charge in [-0.3, -0.25) is 14.6 Å². The lowest BCUT2D eigenvalue weighted by molar-refractivity contribution is -0.105. The highest BCUT2D eigenvalue weighted by Crippen LogP contribution is 2.22. The van der Waals surface area contributed by atoms with E-state index in [0.717, 1.165) is 18.0 Å². The monoisotopic (exact) mass is 254 g/mol. The molecule has 2 heterocycles. The van der Waals surface area contributed by atoms with Gasteiger partial charge < -0.3 is 9.53 Å². The van der Waals surface area contributed by atoms with E-state index in [-0.39, 0.29) is 16.8 Å². The highest BCUT2D eigenvalue weighted by Gasteiger charge is 2.14. The largest absolute Gasteiger partial charge is 0.479 e. The first kappa shape index (κ1) is 11.6. The number of aldehydes is 1. The van der Waals surface area contributed by atoms with E-state index in [0.29, 0.717) is 16.6 Å². The summed E-state index contributed by atoms with van der Waals surface area (Å²) in [7, 11) is 3.04. The van der Waals surface area contributed by atoms with Gasteiger partial charge in [-0.1, -0.05) is 11.8 Å². The molecular formula is C9H10N4O3S. The molecule has 2 rings (SSSR count). The van der Waals surface area contributed by atoms with Crippen LogP contribution in [-0.4, -0.2) is 38.9 Å². The second kappa shape index (κ2) is 4.58. The topological polar surface area (TPSA) is 89.9 Å². The van der Waals surface area contributed by atoms with Crippen LogP contribution in [0, 0.1) is 0 Å². The molecule has 0 aliphatic carbocycles. The zero-order valence-electron chi connectivity index (χ0n) is 9.26. The van der Waals surface area contributed by atoms with Crippen LogP contribution < -0.4 is 10.3 Å². The van der Waals surface area contributed by atoms with Gasteiger partial charge in [0.2, 0.25) is 5.88 Å². The van der Waals surface area contributed by atoms with Gasteiger partial charge in [0.25, 0.3) is 5.56 Å². The molecule has 0 aliphatic heterocycles. The third kappa shape index (κ3) is 2.03. The maximum absolute atomic E-state index is 11.7. The van der Waals surface area contributed by atoms with Crippen LogP contribution in [0.4, 0.5) is 0 Å². The summed E-state index contributed by atoms with van der Waals surface area (Å²) in [6.45, 7) is 0. The number of aromatic nitrogens is 4. The van der Waals surface area contributed by atoms with Gasteiger partial charge in [0.1, 0.15) is 11.8 Å². The summed E-state index contributed by atoms with van der Waals surface area (Å²) in [5.74, 6) is 0.528. The summed E-state index contributed by atoms with van der Waals surface area (Å²) in [6, 6.07) is 0. The summed E-state index contributed by atoms with van der Waals surface area (Å²) in [4.78, 5) is 30.2. The predicted octanol–water partition coefficient (Wildman–Crippen LogP) is -0.0438. The zero-order chi connectivity index (χ0) is 12.4. The molecule has 2 aromatic heterocycles. The number of aromatic amines is 1. The van der Waals surface area contributed by atoms with Crippen LogP contribution in [0.15, 0.2) is 9.95 Å². The van der Waals surface area contributed by atoms with Gasteiger partial charge in [0, 0.05) is 7.05 Å². The van der Waals surface area contributed by atoms with Crippen molar-refractivity contribution in [1.29, 1.82) is 0 Å². The molecule has 0 bridgehead atoms. The maximum Gasteiger partial charge on any atom is 0.293 e. The van der Waals surface area contributed by atoms with Gasteiger partial charge in [0.05, 0.1) is 12.9 Å². The van der Waals surface area contributed by atoms with E-state index in [1.54, 1.807) is 7.05 Å². The molecule has 90 valence electrons. The first-order valence-electron chi connectivity index (χ1n) is 4.74. The Balaban J connectivity index is 2.62. The van der Waals surface area contributed by atoms with Crippen molar-refractivity contribution in [2.75, 3.05) is 12.9 Å². The molecule has 0 saturated heterocycles. The Kier molecular flexibility index (Phi) is 3.14. The Morgan fingerprint density at radius 1 is 1.53 bits per heavy atom. The fraction of sp³-hybridized carbons (Fsp3) is 0.333. The lowest BCUT2D eigenvalue weighted by Crippen LogP contribution is -2.12. The Labute approximate surface area is 100 Å². The second-order valence-corrected chi connectivity index (χ2v) is 4.18. The van der Waals surface area contributed by atoms with Crippen LogP contribution in [-0.2, 0) is 11.8 Å². The van der Waals surface area contributed by atoms with Crippen molar-refractivity contribution < 1.29 is 9.53 Å². The molecule has 0 saturated carbocycles. The second-order valence-electron chi connectivity index (χ2n) is 3.19. The number of ether oxygens (including phenoxy) is 1. The molecule has 0 aromatic carbocycles. The van der Waals surface area contributed by atoms with Crippen LogP contribution in [0.5, 0.6) is 5.88 Å². The van der Waals surface area contributed by atoms with Crippen molar-refractivity contribution in [3.63, 3.8) is 0 Å². The van der Waals surface area contributed by atoms with Crippen molar-refractivity contribution in [2.24, 2.45) is 7.05 Å². The third-order valence-electron chi connectivity index (χ3n) is 2.12. The molecular weight excluding hydrogens is 244 g/mol. The summed E-state index contributed by atoms with van der Waals surface area (Å²) in [6.07, 6.45) is 0.750. The molecule has 17 heavy (non-hydrogen) atoms. The standard InChI is InChI=1S/C9H10N4O3S/c1-13-8(15)6-5(12-13)7(16-2)11-9(10-6)17-4-3-14/h3,12H,4H2,1-2H3. The number of hydrogen-bond acceptors (Lipinski definition) is 6. The minimum absolute atomic E-state index is 0.236. The number of methoxy groups -OCH3 is 1. The van der Waals surface area contributed by atoms with Crippen LogP contribution in [0.25, 0.3) is 11.0 Å². The molecule has 2 aromatic rings. The number of nitrogens with one attached hydrogen (secondary N) is 1. The van der Waals surface area contributed by atoms with Crippen molar-refractivity contribution in [1.82, 2.24) is 19.7 Å². The van der Waals surface area contributed by atoms with E-state index in [4.69, 9.17) is 4.74 Å². The molecule has 0 fully saturated rings. The summed E-state index contributed by atoms with van der Waals surface area (Å²) >= 11 is 1.15. The molecule has 7 nitrogen and oxygen atoms in total. The minimum atomic E-state index is -0.256. The Hall–Kier alpha value is -1.83. The van der Waals surface area contributed by atoms with E-state index in [9.17, 15) is 9.59 Å². The molecule has 0 aliphatic rings. The summed E-state index contributed by atoms with van der Waals surface area (Å²) < 4.78 is 6.38. The van der Waals surface area contributed by atoms with Crippen LogP contribution in [0.2, 0.25) is 0 Å². The Morgan fingerprint density at radius 3 is 2.94 bits per heavy atom. The highest BCUT2D eigenvalue weighted by molar-refractivity contribution is 7.99. The van der Waals surface area contributed by atoms with Crippen molar-refractivity contribution in [3.05, 3.63) is 10.4 Å². The number of carbonyl (C=O) groups is 1. The number of rotatable bonds is 4. The summed E-state index contributed by atoms with van der Waals surface area (Å²) in [5, 5.41) is 3.15. The molecule has 1 N–H and O–H groups in total. The molecule has 0 spiro atoms. The number of H-pyrrole nitrogens is 1. The quantitative estimate of drug-likeness (QED) is 0.467. The molecule has 8 heteroatoms. The van der Waals surface area contributed by atoms with Crippen LogP contribution in [0.1, 0.15) is 0 Å². The molecule has 0 unspecified atom stereocenters. The van der Waals surface area contributed by atoms with Gasteiger partial charge >= 0.3 is 0 Å². The van der Waals surface area contributed by atoms with Gasteiger partial charge in [-0.2, -0.15) is 4.98 Å². The highest BCUT2D eigenvalue weighted by atomic mass is 32.2. The Bertz CT molecular complexity index is 618. The van der Waals surface area contributed by atoms with E-state index in [1.165, 1.54) is 11.8 Å². The van der Waals surface area contributed by atoms with E-state index in [2.05, 4.69) is 15.1 Å². The van der Waals surface area contributed by atoms with Gasteiger partial charge in [-0.15, -0.1) is 0 Å². The first-order valence-corrected chi connectivity index (χ1v) is 5.73. The normalized spacial score (nSPS) is 10.7. The van der Waals surface area contributed by atoms with Crippen molar-refractivity contribution in [2.45, 2.75) is 5.16 Å². The van der Waals surface area contributed by atoms with Gasteiger partial charge in [-0.25, -0.2) is 4.98 Å². The van der Waals surface area contributed by atoms with Crippen LogP contribution in [0.3, 0.4) is 0 Å². The molecule has 0 amide bonds. The van der Waals surface area contributed by atoms with E-state index in [1.807, 2.05) is 0 Å². The molecule has 0 radical (unpaired) electrons. The van der Waals surface area contributed by atoms with Crippen molar-refractivity contribution >= 4 is 29.1 Å². The third-order valence-corrected chi connectivity index (χ3v) is 2.86. The number of thioether (sulfide) groups is 1. The summed E-state index contributed by atoms with van der Waals surface area (Å²) in [5.41, 5.74) is 0.455.